The van der Waals surface area contributed by atoms with Gasteiger partial charge in [0.2, 0.25) is 5.91 Å². The molecule has 116 valence electrons. The van der Waals surface area contributed by atoms with Gasteiger partial charge in [-0.25, -0.2) is 4.98 Å². The van der Waals surface area contributed by atoms with Crippen LogP contribution in [0, 0.1) is 6.92 Å². The molecule has 0 radical (unpaired) electrons. The molecule has 3 aromatic rings. The number of amides is 1. The summed E-state index contributed by atoms with van der Waals surface area (Å²) in [4.78, 5) is 16.7. The summed E-state index contributed by atoms with van der Waals surface area (Å²) < 4.78 is 0. The van der Waals surface area contributed by atoms with Crippen molar-refractivity contribution in [2.45, 2.75) is 11.9 Å². The predicted octanol–water partition coefficient (Wildman–Crippen LogP) is 4.93. The van der Waals surface area contributed by atoms with Crippen LogP contribution >= 0.6 is 23.4 Å². The number of anilines is 1. The van der Waals surface area contributed by atoms with E-state index in [0.717, 1.165) is 21.5 Å². The quantitative estimate of drug-likeness (QED) is 0.684. The summed E-state index contributed by atoms with van der Waals surface area (Å²) in [7, 11) is 0. The van der Waals surface area contributed by atoms with Crippen LogP contribution in [0.3, 0.4) is 0 Å². The average Bonchev–Trinajstić information content (AvgIpc) is 2.55. The van der Waals surface area contributed by atoms with Crippen LogP contribution in [0.25, 0.3) is 10.9 Å². The summed E-state index contributed by atoms with van der Waals surface area (Å²) in [5, 5.41) is 5.33. The number of pyridine rings is 1. The molecular weight excluding hydrogens is 328 g/mol. The van der Waals surface area contributed by atoms with Crippen LogP contribution in [-0.2, 0) is 4.79 Å². The number of hydrogen-bond donors (Lipinski definition) is 1. The van der Waals surface area contributed by atoms with Gasteiger partial charge in [-0.15, -0.1) is 0 Å². The van der Waals surface area contributed by atoms with Crippen LogP contribution in [0.5, 0.6) is 0 Å². The number of carbonyl (C=O) groups excluding carboxylic acids is 1. The summed E-state index contributed by atoms with van der Waals surface area (Å²) >= 11 is 7.47. The number of benzene rings is 2. The number of hydrogen-bond acceptors (Lipinski definition) is 3. The smallest absolute Gasteiger partial charge is 0.234 e. The number of thioether (sulfide) groups is 1. The van der Waals surface area contributed by atoms with Gasteiger partial charge in [0.25, 0.3) is 0 Å². The Labute approximate surface area is 144 Å². The van der Waals surface area contributed by atoms with Crippen molar-refractivity contribution in [3.05, 3.63) is 65.2 Å². The van der Waals surface area contributed by atoms with Crippen molar-refractivity contribution in [2.75, 3.05) is 11.1 Å². The fourth-order valence-corrected chi connectivity index (χ4v) is 3.21. The van der Waals surface area contributed by atoms with Crippen molar-refractivity contribution in [3.63, 3.8) is 0 Å². The maximum atomic E-state index is 12.1. The third-order valence-corrected chi connectivity index (χ3v) is 4.78. The number of aromatic nitrogens is 1. The first kappa shape index (κ1) is 15.8. The Morgan fingerprint density at radius 1 is 1.17 bits per heavy atom. The van der Waals surface area contributed by atoms with E-state index >= 15 is 0 Å². The number of fused-ring (bicyclic) bond motifs is 1. The SMILES string of the molecule is Cc1cc2ccccc2nc1SCC(=O)Nc1ccccc1Cl. The summed E-state index contributed by atoms with van der Waals surface area (Å²) in [6, 6.07) is 17.3. The first-order chi connectivity index (χ1) is 11.1. The van der Waals surface area contributed by atoms with Gasteiger partial charge in [0, 0.05) is 5.39 Å². The summed E-state index contributed by atoms with van der Waals surface area (Å²) in [6.07, 6.45) is 0. The number of carbonyl (C=O) groups is 1. The van der Waals surface area contributed by atoms with E-state index in [1.807, 2.05) is 43.3 Å². The zero-order chi connectivity index (χ0) is 16.2. The molecule has 3 nitrogen and oxygen atoms in total. The van der Waals surface area contributed by atoms with Crippen molar-refractivity contribution >= 4 is 45.9 Å². The number of nitrogens with zero attached hydrogens (tertiary/aromatic N) is 1. The molecule has 0 spiro atoms. The lowest BCUT2D eigenvalue weighted by molar-refractivity contribution is -0.113. The molecule has 0 aliphatic rings. The van der Waals surface area contributed by atoms with Gasteiger partial charge in [0.05, 0.1) is 22.0 Å². The molecule has 0 bridgehead atoms. The van der Waals surface area contributed by atoms with Gasteiger partial charge in [0.1, 0.15) is 5.03 Å². The highest BCUT2D eigenvalue weighted by atomic mass is 35.5. The molecule has 0 saturated heterocycles. The molecule has 0 aliphatic carbocycles. The first-order valence-corrected chi connectivity index (χ1v) is 8.53. The lowest BCUT2D eigenvalue weighted by atomic mass is 10.2. The van der Waals surface area contributed by atoms with Crippen LogP contribution in [-0.4, -0.2) is 16.6 Å². The summed E-state index contributed by atoms with van der Waals surface area (Å²) in [5.74, 6) is 0.190. The van der Waals surface area contributed by atoms with Crippen LogP contribution in [0.1, 0.15) is 5.56 Å². The maximum Gasteiger partial charge on any atom is 0.234 e. The molecule has 0 aliphatic heterocycles. The zero-order valence-electron chi connectivity index (χ0n) is 12.5. The highest BCUT2D eigenvalue weighted by Crippen LogP contribution is 2.25. The van der Waals surface area contributed by atoms with Gasteiger partial charge in [-0.1, -0.05) is 53.7 Å². The Hall–Kier alpha value is -2.04. The topological polar surface area (TPSA) is 42.0 Å². The van der Waals surface area contributed by atoms with Gasteiger partial charge in [0.15, 0.2) is 0 Å². The third kappa shape index (κ3) is 3.84. The second kappa shape index (κ2) is 7.02. The van der Waals surface area contributed by atoms with Gasteiger partial charge >= 0.3 is 0 Å². The predicted molar refractivity (Wildman–Crippen MR) is 97.3 cm³/mol. The number of nitrogens with one attached hydrogen (secondary N) is 1. The molecule has 2 aromatic carbocycles. The second-order valence-electron chi connectivity index (χ2n) is 5.12. The molecule has 1 aromatic heterocycles. The van der Waals surface area contributed by atoms with Crippen LogP contribution in [0.15, 0.2) is 59.6 Å². The molecular formula is C18H15ClN2OS. The number of rotatable bonds is 4. The van der Waals surface area contributed by atoms with E-state index in [-0.39, 0.29) is 11.7 Å². The molecule has 0 fully saturated rings. The van der Waals surface area contributed by atoms with Crippen molar-refractivity contribution in [2.24, 2.45) is 0 Å². The molecule has 0 atom stereocenters. The van der Waals surface area contributed by atoms with E-state index in [0.29, 0.717) is 10.7 Å². The van der Waals surface area contributed by atoms with E-state index in [2.05, 4.69) is 16.4 Å². The van der Waals surface area contributed by atoms with Crippen LogP contribution < -0.4 is 5.32 Å². The number of halogens is 1. The summed E-state index contributed by atoms with van der Waals surface area (Å²) in [5.41, 5.74) is 2.63. The van der Waals surface area contributed by atoms with Crippen molar-refractivity contribution in [1.29, 1.82) is 0 Å². The molecule has 0 saturated carbocycles. The van der Waals surface area contributed by atoms with Gasteiger partial charge < -0.3 is 5.32 Å². The molecule has 5 heteroatoms. The fourth-order valence-electron chi connectivity index (χ4n) is 2.23. The lowest BCUT2D eigenvalue weighted by Crippen LogP contribution is -2.14. The Morgan fingerprint density at radius 2 is 1.91 bits per heavy atom. The van der Waals surface area contributed by atoms with Gasteiger partial charge in [-0.2, -0.15) is 0 Å². The number of aryl methyl sites for hydroxylation is 1. The van der Waals surface area contributed by atoms with Crippen LogP contribution in [0.2, 0.25) is 5.02 Å². The van der Waals surface area contributed by atoms with Gasteiger partial charge in [-0.05, 0) is 36.8 Å². The highest BCUT2D eigenvalue weighted by Gasteiger charge is 2.09. The monoisotopic (exact) mass is 342 g/mol. The maximum absolute atomic E-state index is 12.1. The van der Waals surface area contributed by atoms with E-state index in [4.69, 9.17) is 11.6 Å². The molecule has 1 N–H and O–H groups in total. The number of para-hydroxylation sites is 2. The fraction of sp³-hybridized carbons (Fsp3) is 0.111. The minimum atomic E-state index is -0.0996. The molecule has 23 heavy (non-hydrogen) atoms. The molecule has 1 heterocycles. The molecule has 0 unspecified atom stereocenters. The van der Waals surface area contributed by atoms with E-state index in [9.17, 15) is 4.79 Å². The van der Waals surface area contributed by atoms with E-state index in [1.165, 1.54) is 11.8 Å². The van der Waals surface area contributed by atoms with Crippen molar-refractivity contribution < 1.29 is 4.79 Å². The zero-order valence-corrected chi connectivity index (χ0v) is 14.1. The van der Waals surface area contributed by atoms with Crippen LogP contribution in [0.4, 0.5) is 5.69 Å². The normalized spacial score (nSPS) is 10.7. The first-order valence-electron chi connectivity index (χ1n) is 7.17. The Bertz CT molecular complexity index is 867. The third-order valence-electron chi connectivity index (χ3n) is 3.36. The molecule has 1 amide bonds. The van der Waals surface area contributed by atoms with Crippen molar-refractivity contribution in [3.8, 4) is 0 Å². The van der Waals surface area contributed by atoms with E-state index in [1.54, 1.807) is 12.1 Å². The van der Waals surface area contributed by atoms with Crippen molar-refractivity contribution in [1.82, 2.24) is 4.98 Å². The Balaban J connectivity index is 1.69. The standard InChI is InChI=1S/C18H15ClN2OS/c1-12-10-13-6-2-4-8-15(13)21-18(12)23-11-17(22)20-16-9-5-3-7-14(16)19/h2-10H,11H2,1H3,(H,20,22). The minimum Gasteiger partial charge on any atom is -0.324 e. The lowest BCUT2D eigenvalue weighted by Gasteiger charge is -2.08. The Morgan fingerprint density at radius 3 is 2.74 bits per heavy atom. The minimum absolute atomic E-state index is 0.0996. The largest absolute Gasteiger partial charge is 0.324 e. The highest BCUT2D eigenvalue weighted by molar-refractivity contribution is 8.00. The van der Waals surface area contributed by atoms with E-state index < -0.39 is 0 Å². The molecule has 3 rings (SSSR count). The summed E-state index contributed by atoms with van der Waals surface area (Å²) in [6.45, 7) is 2.01. The average molecular weight is 343 g/mol. The Kier molecular flexibility index (Phi) is 4.84. The van der Waals surface area contributed by atoms with Gasteiger partial charge in [-0.3, -0.25) is 4.79 Å². The second-order valence-corrected chi connectivity index (χ2v) is 6.49.